The van der Waals surface area contributed by atoms with Crippen molar-refractivity contribution in [3.05, 3.63) is 59.4 Å². The van der Waals surface area contributed by atoms with Gasteiger partial charge in [-0.1, -0.05) is 18.2 Å². The molecule has 21 heavy (non-hydrogen) atoms. The molecule has 0 unspecified atom stereocenters. The summed E-state index contributed by atoms with van der Waals surface area (Å²) >= 11 is 0. The van der Waals surface area contributed by atoms with Crippen molar-refractivity contribution in [2.45, 2.75) is 18.4 Å². The molecule has 0 aromatic heterocycles. The van der Waals surface area contributed by atoms with Gasteiger partial charge in [0.2, 0.25) is 10.0 Å². The summed E-state index contributed by atoms with van der Waals surface area (Å²) in [5.41, 5.74) is 7.62. The number of hydrogen-bond donors (Lipinski definition) is 1. The maximum atomic E-state index is 12.9. The molecule has 2 aromatic rings. The smallest absolute Gasteiger partial charge is 0.245 e. The zero-order chi connectivity index (χ0) is 15.6. The predicted octanol–water partition coefficient (Wildman–Crippen LogP) is 2.54. The second-order valence-electron chi connectivity index (χ2n) is 4.93. The number of aryl methyl sites for hydroxylation is 1. The van der Waals surface area contributed by atoms with Crippen molar-refractivity contribution in [3.8, 4) is 0 Å². The molecule has 2 N–H and O–H groups in total. The minimum atomic E-state index is -3.68. The first-order valence-corrected chi connectivity index (χ1v) is 7.81. The fourth-order valence-electron chi connectivity index (χ4n) is 2.00. The molecule has 0 aliphatic heterocycles. The van der Waals surface area contributed by atoms with E-state index < -0.39 is 10.0 Å². The van der Waals surface area contributed by atoms with Crippen LogP contribution in [0.4, 0.5) is 10.1 Å². The van der Waals surface area contributed by atoms with Gasteiger partial charge >= 0.3 is 0 Å². The van der Waals surface area contributed by atoms with Crippen molar-refractivity contribution < 1.29 is 12.8 Å². The number of sulfonamides is 1. The minimum absolute atomic E-state index is 0.0812. The lowest BCUT2D eigenvalue weighted by Gasteiger charge is -2.18. The SMILES string of the molecule is Cc1ccc(S(=O)(=O)N(C)Cc2ccc(F)cc2)c(N)c1. The highest BCUT2D eigenvalue weighted by Gasteiger charge is 2.23. The lowest BCUT2D eigenvalue weighted by molar-refractivity contribution is 0.466. The number of anilines is 1. The van der Waals surface area contributed by atoms with Crippen molar-refractivity contribution in [2.24, 2.45) is 0 Å². The number of halogens is 1. The van der Waals surface area contributed by atoms with Gasteiger partial charge < -0.3 is 5.73 Å². The Balaban J connectivity index is 2.28. The van der Waals surface area contributed by atoms with Gasteiger partial charge in [-0.3, -0.25) is 0 Å². The van der Waals surface area contributed by atoms with Gasteiger partial charge in [0, 0.05) is 13.6 Å². The summed E-state index contributed by atoms with van der Waals surface area (Å²) in [7, 11) is -2.21. The van der Waals surface area contributed by atoms with Gasteiger partial charge in [0.25, 0.3) is 0 Å². The lowest BCUT2D eigenvalue weighted by atomic mass is 10.2. The molecule has 0 aliphatic rings. The molecular weight excluding hydrogens is 291 g/mol. The van der Waals surface area contributed by atoms with E-state index >= 15 is 0 Å². The van der Waals surface area contributed by atoms with Crippen LogP contribution < -0.4 is 5.73 Å². The normalized spacial score (nSPS) is 11.8. The summed E-state index contributed by atoms with van der Waals surface area (Å²) in [6.45, 7) is 1.99. The molecule has 0 radical (unpaired) electrons. The summed E-state index contributed by atoms with van der Waals surface area (Å²) in [6, 6.07) is 10.5. The molecule has 0 saturated heterocycles. The third-order valence-corrected chi connectivity index (χ3v) is 5.05. The highest BCUT2D eigenvalue weighted by Crippen LogP contribution is 2.23. The first-order valence-electron chi connectivity index (χ1n) is 6.37. The van der Waals surface area contributed by atoms with Crippen LogP contribution in [0.25, 0.3) is 0 Å². The van der Waals surface area contributed by atoms with E-state index in [0.29, 0.717) is 5.56 Å². The van der Waals surface area contributed by atoms with Gasteiger partial charge in [-0.05, 0) is 42.3 Å². The Bertz CT molecular complexity index is 743. The van der Waals surface area contributed by atoms with Gasteiger partial charge in [-0.15, -0.1) is 0 Å². The Morgan fingerprint density at radius 1 is 1.14 bits per heavy atom. The standard InChI is InChI=1S/C15H17FN2O2S/c1-11-3-8-15(14(17)9-11)21(19,20)18(2)10-12-4-6-13(16)7-5-12/h3-9H,10,17H2,1-2H3. The summed E-state index contributed by atoms with van der Waals surface area (Å²) in [5.74, 6) is -0.355. The van der Waals surface area contributed by atoms with Crippen LogP contribution >= 0.6 is 0 Å². The van der Waals surface area contributed by atoms with Gasteiger partial charge in [-0.2, -0.15) is 4.31 Å². The van der Waals surface area contributed by atoms with E-state index in [0.717, 1.165) is 5.56 Å². The van der Waals surface area contributed by atoms with Gasteiger partial charge in [0.05, 0.1) is 5.69 Å². The largest absolute Gasteiger partial charge is 0.398 e. The predicted molar refractivity (Wildman–Crippen MR) is 80.6 cm³/mol. The molecule has 0 amide bonds. The second kappa shape index (κ2) is 5.83. The van der Waals surface area contributed by atoms with E-state index in [-0.39, 0.29) is 22.9 Å². The second-order valence-corrected chi connectivity index (χ2v) is 6.94. The number of hydrogen-bond acceptors (Lipinski definition) is 3. The third-order valence-electron chi connectivity index (χ3n) is 3.17. The molecule has 0 bridgehead atoms. The number of nitrogens with zero attached hydrogens (tertiary/aromatic N) is 1. The highest BCUT2D eigenvalue weighted by atomic mass is 32.2. The van der Waals surface area contributed by atoms with Crippen LogP contribution in [0.1, 0.15) is 11.1 Å². The van der Waals surface area contributed by atoms with E-state index in [1.54, 1.807) is 24.3 Å². The molecule has 0 aliphatic carbocycles. The Labute approximate surface area is 124 Å². The van der Waals surface area contributed by atoms with Crippen LogP contribution in [-0.2, 0) is 16.6 Å². The first-order chi connectivity index (χ1) is 9.80. The number of rotatable bonds is 4. The topological polar surface area (TPSA) is 63.4 Å². The molecule has 0 heterocycles. The maximum absolute atomic E-state index is 12.9. The van der Waals surface area contributed by atoms with Crippen molar-refractivity contribution in [3.63, 3.8) is 0 Å². The molecule has 0 fully saturated rings. The summed E-state index contributed by atoms with van der Waals surface area (Å²) in [5, 5.41) is 0. The molecular formula is C15H17FN2O2S. The summed E-state index contributed by atoms with van der Waals surface area (Å²) < 4.78 is 39.1. The Morgan fingerprint density at radius 2 is 1.76 bits per heavy atom. The molecule has 0 saturated carbocycles. The van der Waals surface area contributed by atoms with Crippen LogP contribution in [0, 0.1) is 12.7 Å². The van der Waals surface area contributed by atoms with Gasteiger partial charge in [0.15, 0.2) is 0 Å². The molecule has 6 heteroatoms. The summed E-state index contributed by atoms with van der Waals surface area (Å²) in [4.78, 5) is 0.0812. The number of benzene rings is 2. The molecule has 4 nitrogen and oxygen atoms in total. The molecule has 2 rings (SSSR count). The minimum Gasteiger partial charge on any atom is -0.398 e. The molecule has 0 atom stereocenters. The third kappa shape index (κ3) is 3.40. The average molecular weight is 308 g/mol. The van der Waals surface area contributed by atoms with E-state index in [1.165, 1.54) is 29.6 Å². The van der Waals surface area contributed by atoms with Crippen molar-refractivity contribution >= 4 is 15.7 Å². The van der Waals surface area contributed by atoms with Crippen molar-refractivity contribution in [1.82, 2.24) is 4.31 Å². The van der Waals surface area contributed by atoms with E-state index in [2.05, 4.69) is 0 Å². The quantitative estimate of drug-likeness (QED) is 0.883. The average Bonchev–Trinajstić information content (AvgIpc) is 2.40. The van der Waals surface area contributed by atoms with Crippen LogP contribution in [-0.4, -0.2) is 19.8 Å². The van der Waals surface area contributed by atoms with E-state index in [4.69, 9.17) is 5.73 Å². The van der Waals surface area contributed by atoms with E-state index in [1.807, 2.05) is 6.92 Å². The van der Waals surface area contributed by atoms with Crippen LogP contribution in [0.15, 0.2) is 47.4 Å². The van der Waals surface area contributed by atoms with E-state index in [9.17, 15) is 12.8 Å². The fourth-order valence-corrected chi connectivity index (χ4v) is 3.25. The van der Waals surface area contributed by atoms with Crippen molar-refractivity contribution in [2.75, 3.05) is 12.8 Å². The summed E-state index contributed by atoms with van der Waals surface area (Å²) in [6.07, 6.45) is 0. The molecule has 112 valence electrons. The Morgan fingerprint density at radius 3 is 2.33 bits per heavy atom. The van der Waals surface area contributed by atoms with Crippen LogP contribution in [0.2, 0.25) is 0 Å². The van der Waals surface area contributed by atoms with Crippen LogP contribution in [0.3, 0.4) is 0 Å². The zero-order valence-electron chi connectivity index (χ0n) is 11.9. The lowest BCUT2D eigenvalue weighted by Crippen LogP contribution is -2.27. The maximum Gasteiger partial charge on any atom is 0.245 e. The molecule has 2 aromatic carbocycles. The van der Waals surface area contributed by atoms with Gasteiger partial charge in [0.1, 0.15) is 10.7 Å². The highest BCUT2D eigenvalue weighted by molar-refractivity contribution is 7.89. The Kier molecular flexibility index (Phi) is 4.29. The zero-order valence-corrected chi connectivity index (χ0v) is 12.7. The first kappa shape index (κ1) is 15.5. The van der Waals surface area contributed by atoms with Gasteiger partial charge in [-0.25, -0.2) is 12.8 Å². The number of nitrogens with two attached hydrogens (primary N) is 1. The number of nitrogen functional groups attached to an aromatic ring is 1. The molecule has 0 spiro atoms. The van der Waals surface area contributed by atoms with Crippen molar-refractivity contribution in [1.29, 1.82) is 0 Å². The fraction of sp³-hybridized carbons (Fsp3) is 0.200. The Hall–Kier alpha value is -1.92. The monoisotopic (exact) mass is 308 g/mol. The van der Waals surface area contributed by atoms with Crippen LogP contribution in [0.5, 0.6) is 0 Å².